The largest absolute Gasteiger partial charge is 0.454 e. The fourth-order valence-corrected chi connectivity index (χ4v) is 2.45. The van der Waals surface area contributed by atoms with Crippen LogP contribution < -0.4 is 0 Å². The van der Waals surface area contributed by atoms with Gasteiger partial charge < -0.3 is 19.0 Å². The van der Waals surface area contributed by atoms with E-state index in [1.54, 1.807) is 7.11 Å². The third kappa shape index (κ3) is 15.5. The van der Waals surface area contributed by atoms with Gasteiger partial charge in [-0.15, -0.1) is 0 Å². The van der Waals surface area contributed by atoms with Gasteiger partial charge >= 0.3 is 5.97 Å². The fraction of sp³-hybridized carbons (Fsp3) is 0.800. The van der Waals surface area contributed by atoms with Gasteiger partial charge in [0.1, 0.15) is 6.10 Å². The Hall–Kier alpha value is -0.693. The van der Waals surface area contributed by atoms with Crippen molar-refractivity contribution in [2.45, 2.75) is 53.9 Å². The summed E-state index contributed by atoms with van der Waals surface area (Å²) in [6, 6.07) is 1.01. The lowest BCUT2D eigenvalue weighted by Gasteiger charge is -2.20. The molecule has 0 aliphatic rings. The molecule has 130 valence electrons. The molecule has 0 spiro atoms. The quantitative estimate of drug-likeness (QED) is 0.289. The average Bonchev–Trinajstić information content (AvgIpc) is 2.36. The third-order valence-corrected chi connectivity index (χ3v) is 5.24. The molecule has 1 unspecified atom stereocenters. The number of carbonyl (C=O) groups is 1. The highest BCUT2D eigenvalue weighted by molar-refractivity contribution is 6.71. The molecule has 0 amide bonds. The molecule has 0 radical (unpaired) electrons. The van der Waals surface area contributed by atoms with Crippen LogP contribution in [0.4, 0.5) is 0 Å². The standard InChI is InChI=1S/C12H24O5Si.3CH4/c1-5-12(14)17-11(9-13)10-16-7-6-8-18(3,4)15-2;;;/h5,11,13H,1,6-10H2,2-4H3;3*1H4. The molecule has 0 aliphatic heterocycles. The summed E-state index contributed by atoms with van der Waals surface area (Å²) in [6.45, 7) is 8.10. The van der Waals surface area contributed by atoms with Crippen LogP contribution in [0.5, 0.6) is 0 Å². The summed E-state index contributed by atoms with van der Waals surface area (Å²) >= 11 is 0. The van der Waals surface area contributed by atoms with Crippen LogP contribution in [0.1, 0.15) is 28.7 Å². The van der Waals surface area contributed by atoms with E-state index in [1.807, 2.05) is 0 Å². The smallest absolute Gasteiger partial charge is 0.330 e. The summed E-state index contributed by atoms with van der Waals surface area (Å²) in [5.74, 6) is -0.550. The van der Waals surface area contributed by atoms with Gasteiger partial charge in [-0.2, -0.15) is 0 Å². The van der Waals surface area contributed by atoms with E-state index in [9.17, 15) is 4.79 Å². The lowest BCUT2D eigenvalue weighted by Crippen LogP contribution is -2.29. The lowest BCUT2D eigenvalue weighted by molar-refractivity contribution is -0.148. The summed E-state index contributed by atoms with van der Waals surface area (Å²) in [5.41, 5.74) is 0. The van der Waals surface area contributed by atoms with Crippen molar-refractivity contribution in [2.24, 2.45) is 0 Å². The van der Waals surface area contributed by atoms with Gasteiger partial charge in [0, 0.05) is 19.8 Å². The molecule has 0 aliphatic carbocycles. The van der Waals surface area contributed by atoms with Crippen LogP contribution in [-0.4, -0.2) is 52.4 Å². The minimum atomic E-state index is -1.52. The third-order valence-electron chi connectivity index (χ3n) is 2.58. The molecule has 0 aromatic carbocycles. The van der Waals surface area contributed by atoms with Crippen LogP contribution >= 0.6 is 0 Å². The van der Waals surface area contributed by atoms with Gasteiger partial charge in [0.05, 0.1) is 13.2 Å². The highest BCUT2D eigenvalue weighted by Gasteiger charge is 2.19. The van der Waals surface area contributed by atoms with E-state index in [1.165, 1.54) is 0 Å². The molecule has 0 aromatic rings. The average molecular weight is 325 g/mol. The highest BCUT2D eigenvalue weighted by Crippen LogP contribution is 2.12. The van der Waals surface area contributed by atoms with Crippen LogP contribution in [0.3, 0.4) is 0 Å². The van der Waals surface area contributed by atoms with Gasteiger partial charge in [0.25, 0.3) is 0 Å². The fourth-order valence-electron chi connectivity index (χ4n) is 1.25. The first-order chi connectivity index (χ1) is 8.45. The van der Waals surface area contributed by atoms with Crippen molar-refractivity contribution in [3.8, 4) is 0 Å². The van der Waals surface area contributed by atoms with Crippen molar-refractivity contribution in [1.82, 2.24) is 0 Å². The molecule has 1 atom stereocenters. The predicted octanol–water partition coefficient (Wildman–Crippen LogP) is 3.24. The zero-order valence-corrected chi connectivity index (χ0v) is 12.5. The first kappa shape index (κ1) is 28.5. The van der Waals surface area contributed by atoms with Gasteiger partial charge in [0.2, 0.25) is 0 Å². The number of carbonyl (C=O) groups excluding carboxylic acids is 1. The molecule has 0 bridgehead atoms. The van der Waals surface area contributed by atoms with Gasteiger partial charge in [-0.05, 0) is 25.6 Å². The first-order valence-corrected chi connectivity index (χ1v) is 9.13. The summed E-state index contributed by atoms with van der Waals surface area (Å²) in [6.07, 6.45) is 1.35. The summed E-state index contributed by atoms with van der Waals surface area (Å²) < 4.78 is 15.7. The van der Waals surface area contributed by atoms with Crippen molar-refractivity contribution >= 4 is 14.3 Å². The predicted molar refractivity (Wildman–Crippen MR) is 92.1 cm³/mol. The molecule has 1 N–H and O–H groups in total. The molecule has 0 heterocycles. The molecule has 0 rings (SSSR count). The number of hydrogen-bond acceptors (Lipinski definition) is 5. The number of ether oxygens (including phenoxy) is 2. The number of rotatable bonds is 10. The Labute approximate surface area is 132 Å². The zero-order valence-electron chi connectivity index (χ0n) is 11.5. The zero-order chi connectivity index (χ0) is 14.0. The second-order valence-corrected chi connectivity index (χ2v) is 9.02. The number of hydrogen-bond donors (Lipinski definition) is 1. The first-order valence-electron chi connectivity index (χ1n) is 6.02. The van der Waals surface area contributed by atoms with Gasteiger partial charge in [0.15, 0.2) is 8.32 Å². The van der Waals surface area contributed by atoms with Gasteiger partial charge in [-0.25, -0.2) is 4.79 Å². The minimum Gasteiger partial charge on any atom is -0.454 e. The van der Waals surface area contributed by atoms with E-state index in [0.717, 1.165) is 18.5 Å². The normalized spacial score (nSPS) is 11.2. The molecule has 21 heavy (non-hydrogen) atoms. The van der Waals surface area contributed by atoms with Crippen LogP contribution in [-0.2, 0) is 18.7 Å². The molecule has 0 aromatic heterocycles. The van der Waals surface area contributed by atoms with E-state index >= 15 is 0 Å². The SMILES string of the molecule is C.C.C.C=CC(=O)OC(CO)COCCC[Si](C)(C)OC. The van der Waals surface area contributed by atoms with E-state index in [-0.39, 0.29) is 35.5 Å². The van der Waals surface area contributed by atoms with Crippen molar-refractivity contribution in [2.75, 3.05) is 26.9 Å². The molecule has 5 nitrogen and oxygen atoms in total. The number of aliphatic hydroxyl groups excluding tert-OH is 1. The van der Waals surface area contributed by atoms with Crippen molar-refractivity contribution in [3.63, 3.8) is 0 Å². The maximum Gasteiger partial charge on any atom is 0.330 e. The maximum absolute atomic E-state index is 10.9. The lowest BCUT2D eigenvalue weighted by atomic mass is 10.4. The van der Waals surface area contributed by atoms with Crippen molar-refractivity contribution in [3.05, 3.63) is 12.7 Å². The Morgan fingerprint density at radius 3 is 2.33 bits per heavy atom. The molecule has 0 saturated heterocycles. The van der Waals surface area contributed by atoms with E-state index in [2.05, 4.69) is 19.7 Å². The Morgan fingerprint density at radius 2 is 1.90 bits per heavy atom. The summed E-state index contributed by atoms with van der Waals surface area (Å²) in [7, 11) is 0.217. The van der Waals surface area contributed by atoms with Gasteiger partial charge in [-0.1, -0.05) is 28.9 Å². The molecular weight excluding hydrogens is 288 g/mol. The topological polar surface area (TPSA) is 65.0 Å². The molecule has 6 heteroatoms. The minimum absolute atomic E-state index is 0. The van der Waals surface area contributed by atoms with Crippen LogP contribution in [0.25, 0.3) is 0 Å². The Kier molecular flexibility index (Phi) is 21.3. The Morgan fingerprint density at radius 1 is 1.33 bits per heavy atom. The highest BCUT2D eigenvalue weighted by atomic mass is 28.4. The second-order valence-electron chi connectivity index (χ2n) is 4.59. The van der Waals surface area contributed by atoms with Crippen LogP contribution in [0, 0.1) is 0 Å². The summed E-state index contributed by atoms with van der Waals surface area (Å²) in [5, 5.41) is 8.99. The Bertz CT molecular complexity index is 256. The van der Waals surface area contributed by atoms with Crippen LogP contribution in [0.2, 0.25) is 19.1 Å². The van der Waals surface area contributed by atoms with Crippen molar-refractivity contribution in [1.29, 1.82) is 0 Å². The van der Waals surface area contributed by atoms with Gasteiger partial charge in [-0.3, -0.25) is 0 Å². The number of esters is 1. The van der Waals surface area contributed by atoms with E-state index in [4.69, 9.17) is 19.0 Å². The Balaban J connectivity index is -0.000000482. The van der Waals surface area contributed by atoms with Crippen LogP contribution in [0.15, 0.2) is 12.7 Å². The maximum atomic E-state index is 10.9. The summed E-state index contributed by atoms with van der Waals surface area (Å²) in [4.78, 5) is 10.9. The molecule has 0 fully saturated rings. The monoisotopic (exact) mass is 324 g/mol. The second kappa shape index (κ2) is 15.7. The number of aliphatic hydroxyl groups is 1. The van der Waals surface area contributed by atoms with Crippen molar-refractivity contribution < 1.29 is 23.8 Å². The van der Waals surface area contributed by atoms with E-state index in [0.29, 0.717) is 6.61 Å². The molecule has 0 saturated carbocycles. The molecular formula is C15H36O5Si. The van der Waals surface area contributed by atoms with E-state index < -0.39 is 20.4 Å².